The van der Waals surface area contributed by atoms with Crippen LogP contribution in [0.25, 0.3) is 0 Å². The van der Waals surface area contributed by atoms with E-state index in [-0.39, 0.29) is 16.4 Å². The van der Waals surface area contributed by atoms with Crippen LogP contribution in [0.3, 0.4) is 0 Å². The van der Waals surface area contributed by atoms with Gasteiger partial charge in [0, 0.05) is 12.2 Å². The number of anilines is 2. The molecule has 4 rings (SSSR count). The van der Waals surface area contributed by atoms with E-state index in [9.17, 15) is 18.0 Å². The van der Waals surface area contributed by atoms with Gasteiger partial charge in [0.05, 0.1) is 16.1 Å². The van der Waals surface area contributed by atoms with Gasteiger partial charge in [-0.2, -0.15) is 0 Å². The van der Waals surface area contributed by atoms with Gasteiger partial charge in [-0.05, 0) is 60.2 Å². The zero-order valence-electron chi connectivity index (χ0n) is 19.7. The highest BCUT2D eigenvalue weighted by molar-refractivity contribution is 7.92. The fourth-order valence-corrected chi connectivity index (χ4v) is 5.68. The van der Waals surface area contributed by atoms with E-state index < -0.39 is 28.5 Å². The predicted octanol–water partition coefficient (Wildman–Crippen LogP) is 4.75. The Morgan fingerprint density at radius 2 is 1.77 bits per heavy atom. The maximum Gasteiger partial charge on any atom is 0.338 e. The van der Waals surface area contributed by atoms with Crippen LogP contribution in [-0.2, 0) is 26.0 Å². The number of hydrogen-bond donors (Lipinski definition) is 1. The van der Waals surface area contributed by atoms with E-state index in [0.29, 0.717) is 24.3 Å². The molecule has 1 aliphatic rings. The first-order chi connectivity index (χ1) is 16.8. The van der Waals surface area contributed by atoms with Gasteiger partial charge < -0.3 is 10.1 Å². The standard InChI is InChI=1S/C27H28N2O5S/c1-3-19(2)23-12-5-6-13-24(23)28-26(30)18-34-27(31)21-10-8-11-22(17-21)35(32,33)29-16-15-20-9-4-7-14-25(20)29/h4-14,17,19H,3,15-16,18H2,1-2H3,(H,28,30). The molecule has 182 valence electrons. The van der Waals surface area contributed by atoms with Crippen molar-refractivity contribution in [1.82, 2.24) is 0 Å². The van der Waals surface area contributed by atoms with Gasteiger partial charge in [0.2, 0.25) is 0 Å². The number of benzene rings is 3. The molecule has 1 aliphatic heterocycles. The molecule has 0 radical (unpaired) electrons. The van der Waals surface area contributed by atoms with Gasteiger partial charge >= 0.3 is 5.97 Å². The van der Waals surface area contributed by atoms with Crippen molar-refractivity contribution in [3.05, 3.63) is 89.5 Å². The second kappa shape index (κ2) is 10.3. The number of para-hydroxylation sites is 2. The third-order valence-electron chi connectivity index (χ3n) is 6.21. The molecule has 3 aromatic rings. The Morgan fingerprint density at radius 3 is 2.57 bits per heavy atom. The van der Waals surface area contributed by atoms with Gasteiger partial charge in [-0.1, -0.05) is 56.3 Å². The Bertz CT molecular complexity index is 1350. The second-order valence-corrected chi connectivity index (χ2v) is 10.4. The van der Waals surface area contributed by atoms with E-state index >= 15 is 0 Å². The lowest BCUT2D eigenvalue weighted by molar-refractivity contribution is -0.119. The summed E-state index contributed by atoms with van der Waals surface area (Å²) in [4.78, 5) is 25.0. The number of hydrogen-bond acceptors (Lipinski definition) is 5. The number of nitrogens with zero attached hydrogens (tertiary/aromatic N) is 1. The lowest BCUT2D eigenvalue weighted by Crippen LogP contribution is -2.29. The maximum absolute atomic E-state index is 13.3. The van der Waals surface area contributed by atoms with Crippen LogP contribution >= 0.6 is 0 Å². The number of amides is 1. The largest absolute Gasteiger partial charge is 0.452 e. The molecule has 35 heavy (non-hydrogen) atoms. The molecule has 0 saturated heterocycles. The van der Waals surface area contributed by atoms with Gasteiger partial charge in [-0.15, -0.1) is 0 Å². The van der Waals surface area contributed by atoms with Crippen LogP contribution in [0.15, 0.2) is 77.7 Å². The summed E-state index contributed by atoms with van der Waals surface area (Å²) in [7, 11) is -3.85. The molecule has 1 N–H and O–H groups in total. The minimum absolute atomic E-state index is 0.00409. The summed E-state index contributed by atoms with van der Waals surface area (Å²) in [6.07, 6.45) is 1.55. The fourth-order valence-electron chi connectivity index (χ4n) is 4.13. The minimum Gasteiger partial charge on any atom is -0.452 e. The average molecular weight is 493 g/mol. The van der Waals surface area contributed by atoms with Gasteiger partial charge in [0.1, 0.15) is 0 Å². The quantitative estimate of drug-likeness (QED) is 0.458. The zero-order chi connectivity index (χ0) is 25.0. The smallest absolute Gasteiger partial charge is 0.338 e. The molecule has 0 aromatic heterocycles. The monoisotopic (exact) mass is 492 g/mol. The van der Waals surface area contributed by atoms with Crippen molar-refractivity contribution in [3.63, 3.8) is 0 Å². The summed E-state index contributed by atoms with van der Waals surface area (Å²) in [5, 5.41) is 2.80. The number of ether oxygens (including phenoxy) is 1. The molecule has 8 heteroatoms. The van der Waals surface area contributed by atoms with Crippen LogP contribution in [-0.4, -0.2) is 33.4 Å². The van der Waals surface area contributed by atoms with Crippen molar-refractivity contribution in [3.8, 4) is 0 Å². The zero-order valence-corrected chi connectivity index (χ0v) is 20.5. The molecular formula is C27H28N2O5S. The third kappa shape index (κ3) is 5.22. The van der Waals surface area contributed by atoms with E-state index in [0.717, 1.165) is 17.5 Å². The Balaban J connectivity index is 1.43. The average Bonchev–Trinajstić information content (AvgIpc) is 3.32. The number of sulfonamides is 1. The highest BCUT2D eigenvalue weighted by atomic mass is 32.2. The van der Waals surface area contributed by atoms with Crippen molar-refractivity contribution in [2.45, 2.75) is 37.5 Å². The van der Waals surface area contributed by atoms with Crippen LogP contribution in [0.4, 0.5) is 11.4 Å². The molecule has 0 saturated carbocycles. The summed E-state index contributed by atoms with van der Waals surface area (Å²) in [6.45, 7) is 4.01. The Hall–Kier alpha value is -3.65. The number of carbonyl (C=O) groups is 2. The number of esters is 1. The highest BCUT2D eigenvalue weighted by Gasteiger charge is 2.31. The molecule has 0 fully saturated rings. The van der Waals surface area contributed by atoms with Gasteiger partial charge in [0.15, 0.2) is 6.61 Å². The van der Waals surface area contributed by atoms with E-state index in [1.54, 1.807) is 12.1 Å². The van der Waals surface area contributed by atoms with Crippen molar-refractivity contribution in [2.24, 2.45) is 0 Å². The molecule has 1 amide bonds. The van der Waals surface area contributed by atoms with Gasteiger partial charge in [-0.25, -0.2) is 13.2 Å². The second-order valence-electron chi connectivity index (χ2n) is 8.50. The molecule has 7 nitrogen and oxygen atoms in total. The summed E-state index contributed by atoms with van der Waals surface area (Å²) in [5.41, 5.74) is 3.37. The molecule has 1 atom stereocenters. The molecule has 1 heterocycles. The summed E-state index contributed by atoms with van der Waals surface area (Å²) in [5.74, 6) is -0.970. The maximum atomic E-state index is 13.3. The Kier molecular flexibility index (Phi) is 7.21. The number of carbonyl (C=O) groups excluding carboxylic acids is 2. The van der Waals surface area contributed by atoms with Crippen LogP contribution in [0.1, 0.15) is 47.7 Å². The van der Waals surface area contributed by atoms with E-state index in [2.05, 4.69) is 19.2 Å². The molecule has 0 spiro atoms. The minimum atomic E-state index is -3.85. The first kappa shape index (κ1) is 24.5. The van der Waals surface area contributed by atoms with Crippen molar-refractivity contribution < 1.29 is 22.7 Å². The first-order valence-electron chi connectivity index (χ1n) is 11.6. The molecular weight excluding hydrogens is 464 g/mol. The molecule has 3 aromatic carbocycles. The summed E-state index contributed by atoms with van der Waals surface area (Å²) >= 11 is 0. The SMILES string of the molecule is CCC(C)c1ccccc1NC(=O)COC(=O)c1cccc(S(=O)(=O)N2CCc3ccccc32)c1. The first-order valence-corrected chi connectivity index (χ1v) is 13.0. The van der Waals surface area contributed by atoms with Crippen LogP contribution in [0.5, 0.6) is 0 Å². The highest BCUT2D eigenvalue weighted by Crippen LogP contribution is 2.33. The molecule has 0 aliphatic carbocycles. The van der Waals surface area contributed by atoms with Crippen LogP contribution in [0, 0.1) is 0 Å². The van der Waals surface area contributed by atoms with Crippen molar-refractivity contribution in [2.75, 3.05) is 22.8 Å². The van der Waals surface area contributed by atoms with E-state index in [4.69, 9.17) is 4.74 Å². The van der Waals surface area contributed by atoms with Crippen LogP contribution < -0.4 is 9.62 Å². The number of rotatable bonds is 8. The summed E-state index contributed by atoms with van der Waals surface area (Å²) in [6, 6.07) is 20.6. The lowest BCUT2D eigenvalue weighted by Gasteiger charge is -2.19. The topological polar surface area (TPSA) is 92.8 Å². The van der Waals surface area contributed by atoms with Gasteiger partial charge in [-0.3, -0.25) is 9.10 Å². The lowest BCUT2D eigenvalue weighted by atomic mass is 9.97. The number of nitrogens with one attached hydrogen (secondary N) is 1. The van der Waals surface area contributed by atoms with Crippen LogP contribution in [0.2, 0.25) is 0 Å². The Labute approximate surface area is 205 Å². The Morgan fingerprint density at radius 1 is 1.03 bits per heavy atom. The van der Waals surface area contributed by atoms with Crippen molar-refractivity contribution in [1.29, 1.82) is 0 Å². The number of fused-ring (bicyclic) bond motifs is 1. The van der Waals surface area contributed by atoms with E-state index in [1.807, 2.05) is 36.4 Å². The van der Waals surface area contributed by atoms with Gasteiger partial charge in [0.25, 0.3) is 15.9 Å². The fraction of sp³-hybridized carbons (Fsp3) is 0.259. The molecule has 0 bridgehead atoms. The molecule has 1 unspecified atom stereocenters. The summed E-state index contributed by atoms with van der Waals surface area (Å²) < 4.78 is 33.1. The predicted molar refractivity (Wildman–Crippen MR) is 135 cm³/mol. The normalized spacial score (nSPS) is 13.7. The van der Waals surface area contributed by atoms with E-state index in [1.165, 1.54) is 28.6 Å². The third-order valence-corrected chi connectivity index (χ3v) is 8.02. The van der Waals surface area contributed by atoms with Crippen molar-refractivity contribution >= 4 is 33.3 Å².